The van der Waals surface area contributed by atoms with E-state index in [9.17, 15) is 0 Å². The van der Waals surface area contributed by atoms with E-state index in [4.69, 9.17) is 0 Å². The smallest absolute Gasteiger partial charge is 1.00 e. The molecule has 0 aromatic heterocycles. The third-order valence-corrected chi connectivity index (χ3v) is 14.8. The first-order valence-corrected chi connectivity index (χ1v) is 15.2. The van der Waals surface area contributed by atoms with Gasteiger partial charge in [-0.25, -0.2) is 0 Å². The summed E-state index contributed by atoms with van der Waals surface area (Å²) in [6, 6.07) is 21.9. The summed E-state index contributed by atoms with van der Waals surface area (Å²) < 4.78 is -0.0676. The molecule has 3 aromatic carbocycles. The van der Waals surface area contributed by atoms with Crippen LogP contribution in [0.1, 0.15) is 47.2 Å². The number of rotatable bonds is 5. The van der Waals surface area contributed by atoms with Crippen molar-refractivity contribution in [3.8, 4) is 0 Å². The maximum atomic E-state index is 2.53. The summed E-state index contributed by atoms with van der Waals surface area (Å²) in [6.45, 7) is 18.3. The zero-order chi connectivity index (χ0) is 24.8. The minimum atomic E-state index is -2.58. The molecule has 1 aliphatic rings. The minimum Gasteiger partial charge on any atom is -1.00 e. The van der Waals surface area contributed by atoms with Crippen molar-refractivity contribution >= 4 is 23.6 Å². The van der Waals surface area contributed by atoms with Crippen molar-refractivity contribution in [2.24, 2.45) is 5.92 Å². The van der Waals surface area contributed by atoms with E-state index in [0.29, 0.717) is 5.92 Å². The van der Waals surface area contributed by atoms with Crippen LogP contribution < -0.4 is 52.8 Å². The fourth-order valence-corrected chi connectivity index (χ4v) is 15.2. The molecule has 0 heterocycles. The van der Waals surface area contributed by atoms with Crippen LogP contribution in [-0.2, 0) is 20.4 Å². The standard InChI is InChI=1S/C32H37Si.3ClH.Ti/c1-21(2)31-10-9-11-32(31)33(28-15-22(3)12-23(4)16-28,29-17-24(5)13-25(6)18-29)30-19-26(7)14-27(8)20-30;;;;/h9-21H,1-8H3;3*1H;/q;;;;+3/p-3. The molecule has 4 rings (SSSR count). The molecule has 0 bridgehead atoms. The van der Waals surface area contributed by atoms with Gasteiger partial charge in [0, 0.05) is 0 Å². The molecule has 37 heavy (non-hydrogen) atoms. The molecule has 0 saturated heterocycles. The molecule has 1 aliphatic carbocycles. The SMILES string of the molecule is Cc1cc(C)cc([Si](c2cc(C)cc(C)c2)(c2cc(C)cc(C)c2)[C]2([Ti+3])C=CC=C2C(C)C)c1.[Cl-].[Cl-].[Cl-]. The van der Waals surface area contributed by atoms with Crippen LogP contribution in [0.5, 0.6) is 0 Å². The Balaban J connectivity index is 0.00000228. The number of halogens is 3. The van der Waals surface area contributed by atoms with E-state index in [0.717, 1.165) is 0 Å². The number of hydrogen-bond acceptors (Lipinski definition) is 0. The molecule has 0 aliphatic heterocycles. The van der Waals surface area contributed by atoms with Gasteiger partial charge < -0.3 is 37.2 Å². The fourth-order valence-electron chi connectivity index (χ4n) is 6.27. The number of hydrogen-bond donors (Lipinski definition) is 0. The maximum absolute atomic E-state index is 2.58. The van der Waals surface area contributed by atoms with Crippen LogP contribution in [0.3, 0.4) is 0 Å². The largest absolute Gasteiger partial charge is 1.00 e. The molecule has 1 unspecified atom stereocenters. The summed E-state index contributed by atoms with van der Waals surface area (Å²) >= 11 is 2.53. The van der Waals surface area contributed by atoms with Gasteiger partial charge in [0.05, 0.1) is 0 Å². The van der Waals surface area contributed by atoms with Gasteiger partial charge in [0.15, 0.2) is 0 Å². The van der Waals surface area contributed by atoms with Crippen molar-refractivity contribution in [3.05, 3.63) is 112 Å². The Kier molecular flexibility index (Phi) is 11.8. The summed E-state index contributed by atoms with van der Waals surface area (Å²) in [5.74, 6) is 0.481. The second kappa shape index (κ2) is 12.9. The Morgan fingerprint density at radius 2 is 0.865 bits per heavy atom. The Morgan fingerprint density at radius 3 is 1.14 bits per heavy atom. The molecule has 0 saturated carbocycles. The van der Waals surface area contributed by atoms with Gasteiger partial charge in [0.1, 0.15) is 0 Å². The minimum absolute atomic E-state index is 0. The molecule has 0 fully saturated rings. The fraction of sp³-hybridized carbons (Fsp3) is 0.312. The zero-order valence-corrected chi connectivity index (χ0v) is 28.0. The third kappa shape index (κ3) is 6.08. The van der Waals surface area contributed by atoms with E-state index >= 15 is 0 Å². The number of aryl methyl sites for hydroxylation is 6. The van der Waals surface area contributed by atoms with Crippen LogP contribution in [-0.4, -0.2) is 8.07 Å². The van der Waals surface area contributed by atoms with Crippen molar-refractivity contribution in [3.63, 3.8) is 0 Å². The first kappa shape index (κ1) is 34.0. The Hall–Kier alpha value is -1.06. The summed E-state index contributed by atoms with van der Waals surface area (Å²) in [5, 5.41) is 4.54. The van der Waals surface area contributed by atoms with Crippen LogP contribution >= 0.6 is 0 Å². The van der Waals surface area contributed by atoms with E-state index in [-0.39, 0.29) is 40.6 Å². The van der Waals surface area contributed by atoms with Crippen molar-refractivity contribution in [2.75, 3.05) is 0 Å². The molecule has 0 spiro atoms. The van der Waals surface area contributed by atoms with Crippen molar-refractivity contribution in [1.82, 2.24) is 0 Å². The monoisotopic (exact) mass is 602 g/mol. The topological polar surface area (TPSA) is 0 Å². The normalized spacial score (nSPS) is 16.6. The molecule has 5 heteroatoms. The average molecular weight is 604 g/mol. The molecule has 0 N–H and O–H groups in total. The zero-order valence-electron chi connectivity index (χ0n) is 23.1. The molecule has 0 radical (unpaired) electrons. The van der Waals surface area contributed by atoms with Crippen LogP contribution in [0.25, 0.3) is 0 Å². The van der Waals surface area contributed by atoms with E-state index in [2.05, 4.69) is 149 Å². The van der Waals surface area contributed by atoms with Crippen LogP contribution in [0.15, 0.2) is 78.4 Å². The molecule has 194 valence electrons. The van der Waals surface area contributed by atoms with Gasteiger partial charge in [0.2, 0.25) is 0 Å². The number of benzene rings is 3. The van der Waals surface area contributed by atoms with E-state index in [1.165, 1.54) is 48.9 Å². The van der Waals surface area contributed by atoms with Gasteiger partial charge in [-0.1, -0.05) is 0 Å². The Labute approximate surface area is 256 Å². The van der Waals surface area contributed by atoms with Gasteiger partial charge in [0.25, 0.3) is 0 Å². The summed E-state index contributed by atoms with van der Waals surface area (Å²) in [5.41, 5.74) is 9.64. The second-order valence-corrected chi connectivity index (χ2v) is 16.9. The van der Waals surface area contributed by atoms with E-state index in [1.54, 1.807) is 5.57 Å². The molecule has 1 atom stereocenters. The summed E-state index contributed by atoms with van der Waals surface area (Å²) in [4.78, 5) is 0. The van der Waals surface area contributed by atoms with E-state index < -0.39 is 8.07 Å². The molecular formula is C32H37Cl3SiTi. The van der Waals surface area contributed by atoms with Crippen LogP contribution in [0.2, 0.25) is 3.34 Å². The predicted molar refractivity (Wildman–Crippen MR) is 147 cm³/mol. The molecule has 0 nitrogen and oxygen atoms in total. The molecular weight excluding hydrogens is 567 g/mol. The van der Waals surface area contributed by atoms with E-state index in [1.807, 2.05) is 0 Å². The van der Waals surface area contributed by atoms with Gasteiger partial charge in [-0.3, -0.25) is 0 Å². The van der Waals surface area contributed by atoms with Gasteiger partial charge in [-0.05, 0) is 0 Å². The van der Waals surface area contributed by atoms with Crippen molar-refractivity contribution in [1.29, 1.82) is 0 Å². The number of allylic oxidation sites excluding steroid dienone is 4. The van der Waals surface area contributed by atoms with Crippen LogP contribution in [0, 0.1) is 47.5 Å². The third-order valence-electron chi connectivity index (χ3n) is 7.25. The Morgan fingerprint density at radius 1 is 0.568 bits per heavy atom. The quantitative estimate of drug-likeness (QED) is 0.222. The first-order valence-electron chi connectivity index (χ1n) is 12.4. The van der Waals surface area contributed by atoms with Crippen molar-refractivity contribution < 1.29 is 57.7 Å². The van der Waals surface area contributed by atoms with Gasteiger partial charge in [-0.15, -0.1) is 0 Å². The summed E-state index contributed by atoms with van der Waals surface area (Å²) in [6.07, 6.45) is 7.26. The van der Waals surface area contributed by atoms with Crippen LogP contribution in [0.4, 0.5) is 0 Å². The maximum Gasteiger partial charge on any atom is -1.00 e. The molecule has 3 aromatic rings. The average Bonchev–Trinajstić information content (AvgIpc) is 3.09. The molecule has 0 amide bonds. The van der Waals surface area contributed by atoms with Gasteiger partial charge in [-0.2, -0.15) is 0 Å². The second-order valence-electron chi connectivity index (χ2n) is 10.8. The first-order chi connectivity index (χ1) is 16.0. The Bertz CT molecular complexity index is 1140. The summed E-state index contributed by atoms with van der Waals surface area (Å²) in [7, 11) is -2.58. The predicted octanol–water partition coefficient (Wildman–Crippen LogP) is -2.58. The van der Waals surface area contributed by atoms with Crippen molar-refractivity contribution in [2.45, 2.75) is 58.7 Å². The van der Waals surface area contributed by atoms with Gasteiger partial charge >= 0.3 is 220 Å².